The van der Waals surface area contributed by atoms with Gasteiger partial charge in [0.05, 0.1) is 12.5 Å². The lowest BCUT2D eigenvalue weighted by molar-refractivity contribution is -0.118. The van der Waals surface area contributed by atoms with Gasteiger partial charge in [-0.15, -0.1) is 11.3 Å². The molecule has 1 atom stereocenters. The Morgan fingerprint density at radius 2 is 2.17 bits per heavy atom. The summed E-state index contributed by atoms with van der Waals surface area (Å²) < 4.78 is 5.15. The van der Waals surface area contributed by atoms with Crippen molar-refractivity contribution in [1.29, 1.82) is 0 Å². The first kappa shape index (κ1) is 14.5. The predicted molar refractivity (Wildman–Crippen MR) is 70.2 cm³/mol. The minimum Gasteiger partial charge on any atom is -0.444 e. The molecule has 0 aliphatic heterocycles. The van der Waals surface area contributed by atoms with Crippen LogP contribution in [0.25, 0.3) is 0 Å². The smallest absolute Gasteiger partial charge is 0.408 e. The predicted octanol–water partition coefficient (Wildman–Crippen LogP) is 2.19. The lowest BCUT2D eigenvalue weighted by Gasteiger charge is -2.22. The Hall–Kier alpha value is -1.56. The van der Waals surface area contributed by atoms with E-state index in [1.54, 1.807) is 20.8 Å². The maximum absolute atomic E-state index is 11.7. The van der Waals surface area contributed by atoms with Crippen molar-refractivity contribution in [3.63, 3.8) is 0 Å². The Kier molecular flexibility index (Phi) is 4.72. The van der Waals surface area contributed by atoms with Crippen LogP contribution in [0.2, 0.25) is 0 Å². The van der Waals surface area contributed by atoms with E-state index in [1.807, 2.05) is 17.5 Å². The molecule has 0 saturated heterocycles. The fraction of sp³-hybridized carbons (Fsp3) is 0.500. The van der Waals surface area contributed by atoms with E-state index in [0.717, 1.165) is 4.88 Å². The summed E-state index contributed by atoms with van der Waals surface area (Å²) in [7, 11) is 0. The maximum atomic E-state index is 11.7. The number of hydrogen-bond donors (Lipinski definition) is 2. The van der Waals surface area contributed by atoms with Gasteiger partial charge >= 0.3 is 6.09 Å². The van der Waals surface area contributed by atoms with Gasteiger partial charge in [-0.05, 0) is 32.2 Å². The van der Waals surface area contributed by atoms with Gasteiger partial charge in [0.1, 0.15) is 5.60 Å². The SMILES string of the molecule is CC(C)(C)OC(=O)NC(CC(N)=O)c1cccs1. The second-order valence-electron chi connectivity index (χ2n) is 4.88. The van der Waals surface area contributed by atoms with Gasteiger partial charge in [-0.1, -0.05) is 6.07 Å². The lowest BCUT2D eigenvalue weighted by Crippen LogP contribution is -2.36. The van der Waals surface area contributed by atoms with Gasteiger partial charge in [-0.3, -0.25) is 4.79 Å². The first-order chi connectivity index (χ1) is 8.28. The van der Waals surface area contributed by atoms with Crippen LogP contribution in [0.3, 0.4) is 0 Å². The molecule has 1 aromatic heterocycles. The first-order valence-corrected chi connectivity index (χ1v) is 6.47. The molecule has 100 valence electrons. The second-order valence-corrected chi connectivity index (χ2v) is 5.86. The molecule has 1 unspecified atom stereocenters. The highest BCUT2D eigenvalue weighted by Crippen LogP contribution is 2.22. The normalized spacial score (nSPS) is 12.8. The van der Waals surface area contributed by atoms with E-state index in [9.17, 15) is 9.59 Å². The summed E-state index contributed by atoms with van der Waals surface area (Å²) in [4.78, 5) is 23.5. The number of thiophene rings is 1. The zero-order chi connectivity index (χ0) is 13.8. The van der Waals surface area contributed by atoms with Crippen molar-refractivity contribution in [2.24, 2.45) is 5.73 Å². The second kappa shape index (κ2) is 5.86. The third kappa shape index (κ3) is 5.18. The Balaban J connectivity index is 2.68. The molecule has 1 rings (SSSR count). The number of carbonyl (C=O) groups is 2. The summed E-state index contributed by atoms with van der Waals surface area (Å²) in [5.74, 6) is -0.468. The summed E-state index contributed by atoms with van der Waals surface area (Å²) in [6.07, 6.45) is -0.498. The lowest BCUT2D eigenvalue weighted by atomic mass is 10.1. The molecule has 0 saturated carbocycles. The van der Waals surface area contributed by atoms with Crippen molar-refractivity contribution in [2.75, 3.05) is 0 Å². The highest BCUT2D eigenvalue weighted by Gasteiger charge is 2.22. The number of primary amides is 1. The molecular formula is C12H18N2O3S. The number of hydrogen-bond acceptors (Lipinski definition) is 4. The van der Waals surface area contributed by atoms with E-state index in [2.05, 4.69) is 5.32 Å². The van der Waals surface area contributed by atoms with Gasteiger partial charge in [0, 0.05) is 4.88 Å². The number of carbonyl (C=O) groups excluding carboxylic acids is 2. The molecule has 6 heteroatoms. The Labute approximate surface area is 110 Å². The highest BCUT2D eigenvalue weighted by atomic mass is 32.1. The van der Waals surface area contributed by atoms with E-state index in [0.29, 0.717) is 0 Å². The molecule has 0 aliphatic rings. The average molecular weight is 270 g/mol. The van der Waals surface area contributed by atoms with Gasteiger partial charge in [0.25, 0.3) is 0 Å². The van der Waals surface area contributed by atoms with Crippen LogP contribution < -0.4 is 11.1 Å². The van der Waals surface area contributed by atoms with Crippen molar-refractivity contribution in [3.05, 3.63) is 22.4 Å². The molecule has 3 N–H and O–H groups in total. The van der Waals surface area contributed by atoms with Crippen LogP contribution in [0.5, 0.6) is 0 Å². The molecule has 0 bridgehead atoms. The molecule has 0 radical (unpaired) electrons. The number of alkyl carbamates (subject to hydrolysis) is 1. The monoisotopic (exact) mass is 270 g/mol. The minimum atomic E-state index is -0.573. The summed E-state index contributed by atoms with van der Waals surface area (Å²) in [5.41, 5.74) is 4.60. The molecule has 2 amide bonds. The van der Waals surface area contributed by atoms with Crippen LogP contribution >= 0.6 is 11.3 Å². The number of nitrogens with two attached hydrogens (primary N) is 1. The molecule has 0 fully saturated rings. The van der Waals surface area contributed by atoms with E-state index in [1.165, 1.54) is 11.3 Å². The number of amides is 2. The van der Waals surface area contributed by atoms with Crippen molar-refractivity contribution in [2.45, 2.75) is 38.8 Å². The van der Waals surface area contributed by atoms with Crippen LogP contribution in [-0.4, -0.2) is 17.6 Å². The van der Waals surface area contributed by atoms with Crippen molar-refractivity contribution in [1.82, 2.24) is 5.32 Å². The summed E-state index contributed by atoms with van der Waals surface area (Å²) in [6, 6.07) is 3.26. The minimum absolute atomic E-state index is 0.0553. The Morgan fingerprint density at radius 1 is 1.50 bits per heavy atom. The van der Waals surface area contributed by atoms with Crippen LogP contribution in [-0.2, 0) is 9.53 Å². The number of ether oxygens (including phenoxy) is 1. The van der Waals surface area contributed by atoms with Crippen molar-refractivity contribution < 1.29 is 14.3 Å². The van der Waals surface area contributed by atoms with Crippen molar-refractivity contribution >= 4 is 23.3 Å². The largest absolute Gasteiger partial charge is 0.444 e. The number of rotatable bonds is 4. The van der Waals surface area contributed by atoms with Gasteiger partial charge in [-0.25, -0.2) is 4.79 Å². The zero-order valence-corrected chi connectivity index (χ0v) is 11.5. The summed E-state index contributed by atoms with van der Waals surface area (Å²) in [6.45, 7) is 5.34. The molecule has 1 aromatic rings. The van der Waals surface area contributed by atoms with Crippen molar-refractivity contribution in [3.8, 4) is 0 Å². The summed E-state index contributed by atoms with van der Waals surface area (Å²) in [5, 5.41) is 4.53. The van der Waals surface area contributed by atoms with E-state index >= 15 is 0 Å². The Bertz CT molecular complexity index is 409. The fourth-order valence-electron chi connectivity index (χ4n) is 1.36. The topological polar surface area (TPSA) is 81.4 Å². The fourth-order valence-corrected chi connectivity index (χ4v) is 2.14. The van der Waals surface area contributed by atoms with Crippen LogP contribution in [0.15, 0.2) is 17.5 Å². The first-order valence-electron chi connectivity index (χ1n) is 5.59. The molecular weight excluding hydrogens is 252 g/mol. The van der Waals surface area contributed by atoms with Gasteiger partial charge < -0.3 is 15.8 Å². The zero-order valence-electron chi connectivity index (χ0n) is 10.7. The third-order valence-corrected chi connectivity index (χ3v) is 2.97. The van der Waals surface area contributed by atoms with Crippen LogP contribution in [0.4, 0.5) is 4.79 Å². The molecule has 1 heterocycles. The average Bonchev–Trinajstić information content (AvgIpc) is 2.64. The molecule has 0 spiro atoms. The van der Waals surface area contributed by atoms with Gasteiger partial charge in [0.2, 0.25) is 5.91 Å². The Morgan fingerprint density at radius 3 is 2.61 bits per heavy atom. The van der Waals surface area contributed by atoms with Gasteiger partial charge in [0.15, 0.2) is 0 Å². The van der Waals surface area contributed by atoms with E-state index in [-0.39, 0.29) is 6.42 Å². The summed E-state index contributed by atoms with van der Waals surface area (Å²) >= 11 is 1.45. The highest BCUT2D eigenvalue weighted by molar-refractivity contribution is 7.10. The van der Waals surface area contributed by atoms with Crippen LogP contribution in [0.1, 0.15) is 38.1 Å². The van der Waals surface area contributed by atoms with E-state index < -0.39 is 23.6 Å². The molecule has 0 aromatic carbocycles. The van der Waals surface area contributed by atoms with E-state index in [4.69, 9.17) is 10.5 Å². The third-order valence-electron chi connectivity index (χ3n) is 1.98. The standard InChI is InChI=1S/C12H18N2O3S/c1-12(2,3)17-11(16)14-8(7-10(13)15)9-5-4-6-18-9/h4-6,8H,7H2,1-3H3,(H2,13,15)(H,14,16). The van der Waals surface area contributed by atoms with Crippen LogP contribution in [0, 0.1) is 0 Å². The maximum Gasteiger partial charge on any atom is 0.408 e. The molecule has 0 aliphatic carbocycles. The number of nitrogens with one attached hydrogen (secondary N) is 1. The molecule has 18 heavy (non-hydrogen) atoms. The molecule has 5 nitrogen and oxygen atoms in total. The van der Waals surface area contributed by atoms with Gasteiger partial charge in [-0.2, -0.15) is 0 Å². The quantitative estimate of drug-likeness (QED) is 0.880.